The molecule has 114 valence electrons. The van der Waals surface area contributed by atoms with E-state index in [1.54, 1.807) is 13.8 Å². The Morgan fingerprint density at radius 3 is 1.73 bits per heavy atom. The Labute approximate surface area is 130 Å². The summed E-state index contributed by atoms with van der Waals surface area (Å²) in [5.74, 6) is -1.40. The van der Waals surface area contributed by atoms with Crippen molar-refractivity contribution in [2.75, 3.05) is 0 Å². The summed E-state index contributed by atoms with van der Waals surface area (Å²) in [4.78, 5) is 23.6. The number of carbonyl (C=O) groups excluding carboxylic acids is 2. The van der Waals surface area contributed by atoms with Crippen LogP contribution in [0.2, 0.25) is 0 Å². The topological polar surface area (TPSA) is 43.4 Å². The molecule has 0 N–H and O–H groups in total. The van der Waals surface area contributed by atoms with Gasteiger partial charge in [0, 0.05) is 5.92 Å². The van der Waals surface area contributed by atoms with Crippen LogP contribution in [0.3, 0.4) is 0 Å². The van der Waals surface area contributed by atoms with Crippen LogP contribution in [0, 0.1) is 5.92 Å². The average molecular weight is 296 g/mol. The van der Waals surface area contributed by atoms with E-state index in [4.69, 9.17) is 4.74 Å². The van der Waals surface area contributed by atoms with Crippen LogP contribution < -0.4 is 0 Å². The number of esters is 2. The maximum absolute atomic E-state index is 12.1. The SMILES string of the molecule is CC(C)C(=O)OC(=O)CC(c1ccccc1)c1ccccc1. The van der Waals surface area contributed by atoms with E-state index in [1.165, 1.54) is 0 Å². The van der Waals surface area contributed by atoms with Crippen LogP contribution in [-0.4, -0.2) is 11.9 Å². The first-order valence-electron chi connectivity index (χ1n) is 7.42. The molecule has 3 nitrogen and oxygen atoms in total. The highest BCUT2D eigenvalue weighted by Gasteiger charge is 2.21. The van der Waals surface area contributed by atoms with Crippen LogP contribution in [0.25, 0.3) is 0 Å². The molecule has 0 aromatic heterocycles. The summed E-state index contributed by atoms with van der Waals surface area (Å²) < 4.78 is 4.91. The molecule has 0 heterocycles. The molecule has 0 spiro atoms. The van der Waals surface area contributed by atoms with E-state index in [2.05, 4.69) is 0 Å². The summed E-state index contributed by atoms with van der Waals surface area (Å²) in [6.07, 6.45) is 0.145. The molecule has 0 saturated carbocycles. The molecule has 0 fully saturated rings. The average Bonchev–Trinajstić information content (AvgIpc) is 2.54. The quantitative estimate of drug-likeness (QED) is 0.620. The van der Waals surface area contributed by atoms with Crippen LogP contribution in [-0.2, 0) is 14.3 Å². The molecule has 0 saturated heterocycles. The van der Waals surface area contributed by atoms with Crippen molar-refractivity contribution in [3.05, 3.63) is 71.8 Å². The van der Waals surface area contributed by atoms with Gasteiger partial charge in [-0.3, -0.25) is 9.59 Å². The molecule has 2 rings (SSSR count). The van der Waals surface area contributed by atoms with Crippen molar-refractivity contribution in [3.8, 4) is 0 Å². The van der Waals surface area contributed by atoms with Gasteiger partial charge in [-0.1, -0.05) is 74.5 Å². The molecule has 0 aliphatic heterocycles. The van der Waals surface area contributed by atoms with E-state index >= 15 is 0 Å². The Balaban J connectivity index is 2.19. The van der Waals surface area contributed by atoms with E-state index in [0.717, 1.165) is 11.1 Å². The van der Waals surface area contributed by atoms with Crippen LogP contribution >= 0.6 is 0 Å². The Morgan fingerprint density at radius 1 is 0.864 bits per heavy atom. The van der Waals surface area contributed by atoms with Gasteiger partial charge >= 0.3 is 11.9 Å². The lowest BCUT2D eigenvalue weighted by molar-refractivity contribution is -0.162. The minimum Gasteiger partial charge on any atom is -0.393 e. The molecule has 0 radical (unpaired) electrons. The minimum absolute atomic E-state index is 0.116. The number of hydrogen-bond acceptors (Lipinski definition) is 3. The van der Waals surface area contributed by atoms with Gasteiger partial charge in [0.25, 0.3) is 0 Å². The lowest BCUT2D eigenvalue weighted by Crippen LogP contribution is -2.19. The zero-order valence-electron chi connectivity index (χ0n) is 12.9. The largest absolute Gasteiger partial charge is 0.393 e. The summed E-state index contributed by atoms with van der Waals surface area (Å²) >= 11 is 0. The Morgan fingerprint density at radius 2 is 1.32 bits per heavy atom. The number of rotatable bonds is 5. The molecule has 0 amide bonds. The number of benzene rings is 2. The van der Waals surface area contributed by atoms with E-state index in [9.17, 15) is 9.59 Å². The lowest BCUT2D eigenvalue weighted by Gasteiger charge is -2.17. The van der Waals surface area contributed by atoms with E-state index in [1.807, 2.05) is 60.7 Å². The number of carbonyl (C=O) groups is 2. The summed E-state index contributed by atoms with van der Waals surface area (Å²) in [5, 5.41) is 0. The lowest BCUT2D eigenvalue weighted by atomic mass is 9.88. The van der Waals surface area contributed by atoms with Crippen molar-refractivity contribution in [2.45, 2.75) is 26.2 Å². The molecule has 0 bridgehead atoms. The van der Waals surface area contributed by atoms with Gasteiger partial charge in [0.1, 0.15) is 0 Å². The Bertz CT molecular complexity index is 578. The first-order chi connectivity index (χ1) is 10.6. The zero-order chi connectivity index (χ0) is 15.9. The third kappa shape index (κ3) is 4.29. The predicted molar refractivity (Wildman–Crippen MR) is 85.3 cm³/mol. The van der Waals surface area contributed by atoms with Gasteiger partial charge in [0.2, 0.25) is 0 Å². The highest BCUT2D eigenvalue weighted by Crippen LogP contribution is 2.28. The maximum atomic E-state index is 12.1. The summed E-state index contributed by atoms with van der Waals surface area (Å²) in [5.41, 5.74) is 2.06. The molecule has 0 atom stereocenters. The number of ether oxygens (including phenoxy) is 1. The van der Waals surface area contributed by atoms with Gasteiger partial charge < -0.3 is 4.74 Å². The second-order valence-corrected chi connectivity index (χ2v) is 5.53. The molecule has 2 aromatic carbocycles. The molecule has 0 aliphatic carbocycles. The predicted octanol–water partition coefficient (Wildman–Crippen LogP) is 3.93. The molecule has 3 heteroatoms. The van der Waals surface area contributed by atoms with Crippen molar-refractivity contribution in [3.63, 3.8) is 0 Å². The summed E-state index contributed by atoms with van der Waals surface area (Å²) in [6, 6.07) is 19.6. The van der Waals surface area contributed by atoms with Gasteiger partial charge in [0.15, 0.2) is 0 Å². The van der Waals surface area contributed by atoms with Crippen LogP contribution in [0.5, 0.6) is 0 Å². The highest BCUT2D eigenvalue weighted by atomic mass is 16.6. The van der Waals surface area contributed by atoms with Crippen LogP contribution in [0.4, 0.5) is 0 Å². The molecule has 22 heavy (non-hydrogen) atoms. The smallest absolute Gasteiger partial charge is 0.316 e. The monoisotopic (exact) mass is 296 g/mol. The Hall–Kier alpha value is -2.42. The first kappa shape index (κ1) is 16.0. The summed E-state index contributed by atoms with van der Waals surface area (Å²) in [6.45, 7) is 3.42. The zero-order valence-corrected chi connectivity index (χ0v) is 12.9. The maximum Gasteiger partial charge on any atom is 0.316 e. The fourth-order valence-electron chi connectivity index (χ4n) is 2.24. The van der Waals surface area contributed by atoms with Gasteiger partial charge in [-0.25, -0.2) is 0 Å². The van der Waals surface area contributed by atoms with E-state index in [-0.39, 0.29) is 18.3 Å². The number of hydrogen-bond donors (Lipinski definition) is 0. The van der Waals surface area contributed by atoms with Gasteiger partial charge in [-0.15, -0.1) is 0 Å². The first-order valence-corrected chi connectivity index (χ1v) is 7.42. The van der Waals surface area contributed by atoms with E-state index in [0.29, 0.717) is 0 Å². The normalized spacial score (nSPS) is 10.7. The second-order valence-electron chi connectivity index (χ2n) is 5.53. The third-order valence-corrected chi connectivity index (χ3v) is 3.46. The standard InChI is InChI=1S/C19H20O3/c1-14(2)19(21)22-18(20)13-17(15-9-5-3-6-10-15)16-11-7-4-8-12-16/h3-12,14,17H,13H2,1-2H3. The second kappa shape index (κ2) is 7.55. The van der Waals surface area contributed by atoms with Crippen molar-refractivity contribution in [1.82, 2.24) is 0 Å². The highest BCUT2D eigenvalue weighted by molar-refractivity contribution is 5.87. The van der Waals surface area contributed by atoms with Gasteiger partial charge in [0.05, 0.1) is 12.3 Å². The molecule has 2 aromatic rings. The fourth-order valence-corrected chi connectivity index (χ4v) is 2.24. The molecular weight excluding hydrogens is 276 g/mol. The van der Waals surface area contributed by atoms with Crippen LogP contribution in [0.1, 0.15) is 37.3 Å². The minimum atomic E-state index is -0.489. The van der Waals surface area contributed by atoms with Gasteiger partial charge in [-0.2, -0.15) is 0 Å². The Kier molecular flexibility index (Phi) is 5.48. The molecular formula is C19H20O3. The van der Waals surface area contributed by atoms with Gasteiger partial charge in [-0.05, 0) is 11.1 Å². The molecule has 0 unspecified atom stereocenters. The van der Waals surface area contributed by atoms with Crippen molar-refractivity contribution in [2.24, 2.45) is 5.92 Å². The van der Waals surface area contributed by atoms with Crippen molar-refractivity contribution >= 4 is 11.9 Å². The molecule has 0 aliphatic rings. The third-order valence-electron chi connectivity index (χ3n) is 3.46. The van der Waals surface area contributed by atoms with E-state index < -0.39 is 11.9 Å². The van der Waals surface area contributed by atoms with Crippen molar-refractivity contribution < 1.29 is 14.3 Å². The van der Waals surface area contributed by atoms with Crippen molar-refractivity contribution in [1.29, 1.82) is 0 Å². The van der Waals surface area contributed by atoms with Crippen LogP contribution in [0.15, 0.2) is 60.7 Å². The summed E-state index contributed by atoms with van der Waals surface area (Å²) in [7, 11) is 0. The fraction of sp³-hybridized carbons (Fsp3) is 0.263.